The van der Waals surface area contributed by atoms with Crippen LogP contribution in [0, 0.1) is 40.3 Å². The van der Waals surface area contributed by atoms with E-state index in [1.807, 2.05) is 40.2 Å². The summed E-state index contributed by atoms with van der Waals surface area (Å²) in [5.74, 6) is -3.78. The van der Waals surface area contributed by atoms with Gasteiger partial charge in [-0.2, -0.15) is 52.3 Å². The van der Waals surface area contributed by atoms with Crippen molar-refractivity contribution in [1.82, 2.24) is 14.7 Å². The van der Waals surface area contributed by atoms with E-state index in [1.165, 1.54) is 47.0 Å². The zero-order chi connectivity index (χ0) is 64.3. The van der Waals surface area contributed by atoms with Gasteiger partial charge in [-0.1, -0.05) is 34.6 Å². The van der Waals surface area contributed by atoms with E-state index < -0.39 is 41.7 Å². The largest absolute Gasteiger partial charge is 0.462 e. The van der Waals surface area contributed by atoms with Crippen molar-refractivity contribution in [1.29, 1.82) is 5.26 Å². The Morgan fingerprint density at radius 3 is 0.733 bits per heavy atom. The van der Waals surface area contributed by atoms with Crippen molar-refractivity contribution in [3.63, 3.8) is 0 Å². The Balaban J connectivity index is 6.11. The Morgan fingerprint density at radius 1 is 0.314 bits per heavy atom. The smallest absolute Gasteiger partial charge is 0.309 e. The summed E-state index contributed by atoms with van der Waals surface area (Å²) in [6.45, 7) is 10.5. The SMILES string of the molecule is CSCC(C)C(=O)OCCOC(=O)CCN(CCCCN(CCC(=O)OCCOC(=O)C(C)CSC)CCC(=O)OCCOC(=O)C(C)CSC#N)CCCN(CCC(=O)OCCOC(=O)C(C)CSC)CCC(=O)OCCOC(=O)C(C)CSC. The highest BCUT2D eigenvalue weighted by molar-refractivity contribution is 8.03. The van der Waals surface area contributed by atoms with E-state index in [-0.39, 0.29) is 178 Å². The van der Waals surface area contributed by atoms with Crippen molar-refractivity contribution < 1.29 is 95.3 Å². The molecule has 0 heterocycles. The number of hydrogen-bond acceptors (Lipinski definition) is 29. The molecule has 0 saturated heterocycles. The maximum absolute atomic E-state index is 13.0. The molecule has 0 aromatic carbocycles. The maximum atomic E-state index is 13.0. The lowest BCUT2D eigenvalue weighted by molar-refractivity contribution is -0.154. The number of unbranched alkanes of at least 4 members (excludes halogenated alkanes) is 1. The summed E-state index contributed by atoms with van der Waals surface area (Å²) in [5, 5.41) is 10.7. The van der Waals surface area contributed by atoms with Crippen LogP contribution in [0.3, 0.4) is 0 Å². The van der Waals surface area contributed by atoms with Crippen LogP contribution in [-0.2, 0) is 95.3 Å². The molecule has 5 atom stereocenters. The van der Waals surface area contributed by atoms with E-state index in [1.54, 1.807) is 34.6 Å². The molecule has 0 rings (SSSR count). The first kappa shape index (κ1) is 81.8. The number of nitrogens with zero attached hydrogens (tertiary/aromatic N) is 4. The first-order valence-electron chi connectivity index (χ1n) is 29.0. The molecule has 0 bridgehead atoms. The third kappa shape index (κ3) is 45.1. The quantitative estimate of drug-likeness (QED) is 0.0323. The fourth-order valence-electron chi connectivity index (χ4n) is 7.51. The van der Waals surface area contributed by atoms with E-state index >= 15 is 0 Å². The van der Waals surface area contributed by atoms with Gasteiger partial charge in [-0.05, 0) is 82.2 Å². The monoisotopic (exact) mass is 1320 g/mol. The highest BCUT2D eigenvalue weighted by Crippen LogP contribution is 2.13. The second-order valence-electron chi connectivity index (χ2n) is 20.0. The van der Waals surface area contributed by atoms with Gasteiger partial charge in [-0.15, -0.1) is 0 Å². The molecule has 0 N–H and O–H groups in total. The van der Waals surface area contributed by atoms with Gasteiger partial charge in [0.25, 0.3) is 0 Å². The van der Waals surface area contributed by atoms with Crippen LogP contribution in [0.2, 0.25) is 0 Å². The number of thioether (sulfide) groups is 5. The molecule has 86 heavy (non-hydrogen) atoms. The number of thiocyanates is 1. The highest BCUT2D eigenvalue weighted by atomic mass is 32.2. The van der Waals surface area contributed by atoms with Gasteiger partial charge >= 0.3 is 59.7 Å². The van der Waals surface area contributed by atoms with Gasteiger partial charge in [-0.25, -0.2) is 0 Å². The lowest BCUT2D eigenvalue weighted by atomic mass is 10.2. The Labute approximate surface area is 530 Å². The predicted molar refractivity (Wildman–Crippen MR) is 333 cm³/mol. The summed E-state index contributed by atoms with van der Waals surface area (Å²) in [7, 11) is 0. The summed E-state index contributed by atoms with van der Waals surface area (Å²) in [4.78, 5) is 131. The molecular weight excluding hydrogens is 1220 g/mol. The summed E-state index contributed by atoms with van der Waals surface area (Å²) in [5.41, 5.74) is 0. The summed E-state index contributed by atoms with van der Waals surface area (Å²) < 4.78 is 52.9. The van der Waals surface area contributed by atoms with Crippen molar-refractivity contribution >= 4 is 119 Å². The normalized spacial score (nSPS) is 12.9. The zero-order valence-corrected chi connectivity index (χ0v) is 56.1. The van der Waals surface area contributed by atoms with Gasteiger partial charge < -0.3 is 62.1 Å². The van der Waals surface area contributed by atoms with Crippen LogP contribution in [0.5, 0.6) is 0 Å². The molecule has 24 nitrogen and oxygen atoms in total. The molecule has 0 radical (unpaired) electrons. The highest BCUT2D eigenvalue weighted by Gasteiger charge is 2.21. The minimum atomic E-state index is -0.549. The predicted octanol–water partition coefficient (Wildman–Crippen LogP) is 5.29. The Hall–Kier alpha value is -4.18. The van der Waals surface area contributed by atoms with Crippen molar-refractivity contribution in [3.8, 4) is 5.40 Å². The van der Waals surface area contributed by atoms with Gasteiger partial charge in [-0.3, -0.25) is 47.9 Å². The van der Waals surface area contributed by atoms with E-state index in [2.05, 4.69) is 4.90 Å². The molecule has 0 saturated carbocycles. The Bertz CT molecular complexity index is 1960. The molecule has 0 aliphatic heterocycles. The molecule has 0 aromatic rings. The van der Waals surface area contributed by atoms with Crippen LogP contribution in [0.25, 0.3) is 0 Å². The number of rotatable bonds is 54. The molecular formula is C57H96N4O20S5. The first-order valence-corrected chi connectivity index (χ1v) is 35.5. The zero-order valence-electron chi connectivity index (χ0n) is 52.0. The van der Waals surface area contributed by atoms with Crippen LogP contribution in [0.15, 0.2) is 0 Å². The number of ether oxygens (including phenoxy) is 10. The van der Waals surface area contributed by atoms with Crippen LogP contribution in [-0.4, -0.2) is 253 Å². The van der Waals surface area contributed by atoms with Gasteiger partial charge in [0, 0.05) is 61.5 Å². The number of carbonyl (C=O) groups excluding carboxylic acids is 10. The first-order chi connectivity index (χ1) is 41.2. The van der Waals surface area contributed by atoms with E-state index in [0.29, 0.717) is 75.0 Å². The third-order valence-electron chi connectivity index (χ3n) is 12.3. The lowest BCUT2D eigenvalue weighted by Gasteiger charge is -2.26. The second-order valence-corrected chi connectivity index (χ2v) is 24.5. The standard InChI is InChI=1S/C57H96N4O20S5/c1-43(37-82-6)53(67)77-32-27-72-48(62)13-22-59(20-12-21-61(25-16-51(65)74-29-34-79-55(69)45(3)39-84-8)26-17-52(66)75-30-35-80-56(70)46(4)40-85-9)18-10-11-19-60(23-14-49(63)73-28-33-78-54(68)44(2)38-83-7)24-15-50(64)76-31-36-81-57(71)47(5)41-86-42-58/h43-47H,10-41H2,1-9H3. The average molecular weight is 1320 g/mol. The second kappa shape index (κ2) is 53.8. The van der Waals surface area contributed by atoms with Crippen LogP contribution < -0.4 is 0 Å². The molecule has 0 amide bonds. The molecule has 0 aliphatic carbocycles. The van der Waals surface area contributed by atoms with Crippen molar-refractivity contribution in [3.05, 3.63) is 0 Å². The minimum Gasteiger partial charge on any atom is -0.462 e. The minimum absolute atomic E-state index is 0.0146. The van der Waals surface area contributed by atoms with Crippen LogP contribution in [0.1, 0.15) is 86.0 Å². The lowest BCUT2D eigenvalue weighted by Crippen LogP contribution is -2.35. The Morgan fingerprint density at radius 2 is 0.512 bits per heavy atom. The molecule has 0 aliphatic rings. The van der Waals surface area contributed by atoms with Crippen molar-refractivity contribution in [2.24, 2.45) is 29.6 Å². The van der Waals surface area contributed by atoms with Gasteiger partial charge in [0.1, 0.15) is 71.5 Å². The number of nitriles is 1. The molecule has 5 unspecified atom stereocenters. The molecule has 0 spiro atoms. The third-order valence-corrected chi connectivity index (χ3v) is 16.5. The number of hydrogen-bond donors (Lipinski definition) is 0. The summed E-state index contributed by atoms with van der Waals surface area (Å²) in [6.07, 6.45) is 9.16. The van der Waals surface area contributed by atoms with E-state index in [0.717, 1.165) is 11.8 Å². The van der Waals surface area contributed by atoms with Crippen molar-refractivity contribution in [2.75, 3.05) is 179 Å². The molecule has 0 fully saturated rings. The van der Waals surface area contributed by atoms with Gasteiger partial charge in [0.05, 0.1) is 61.7 Å². The van der Waals surface area contributed by atoms with Crippen LogP contribution in [0.4, 0.5) is 0 Å². The molecule has 29 heteroatoms. The van der Waals surface area contributed by atoms with E-state index in [4.69, 9.17) is 52.6 Å². The topological polar surface area (TPSA) is 297 Å². The van der Waals surface area contributed by atoms with Crippen LogP contribution >= 0.6 is 58.8 Å². The Kier molecular flexibility index (Phi) is 51.2. The number of esters is 10. The maximum Gasteiger partial charge on any atom is 0.309 e. The van der Waals surface area contributed by atoms with E-state index in [9.17, 15) is 47.9 Å². The fraction of sp³-hybridized carbons (Fsp3) is 0.807. The van der Waals surface area contributed by atoms with Gasteiger partial charge in [0.2, 0.25) is 0 Å². The molecule has 494 valence electrons. The fourth-order valence-corrected chi connectivity index (χ4v) is 10.5. The van der Waals surface area contributed by atoms with Gasteiger partial charge in [0.15, 0.2) is 0 Å². The molecule has 0 aromatic heterocycles. The summed E-state index contributed by atoms with van der Waals surface area (Å²) in [6, 6.07) is 0. The average Bonchev–Trinajstić information content (AvgIpc) is 3.52. The number of carbonyl (C=O) groups is 10. The summed E-state index contributed by atoms with van der Waals surface area (Å²) >= 11 is 7.01. The van der Waals surface area contributed by atoms with Crippen molar-refractivity contribution in [2.45, 2.75) is 86.0 Å².